The van der Waals surface area contributed by atoms with Gasteiger partial charge in [-0.1, -0.05) is 29.8 Å². The van der Waals surface area contributed by atoms with E-state index in [0.717, 1.165) is 6.07 Å². The van der Waals surface area contributed by atoms with Crippen molar-refractivity contribution in [1.82, 2.24) is 0 Å². The Kier molecular flexibility index (Phi) is 6.51. The number of anilines is 1. The fourth-order valence-corrected chi connectivity index (χ4v) is 2.29. The lowest BCUT2D eigenvalue weighted by Crippen LogP contribution is -2.22. The van der Waals surface area contributed by atoms with Crippen LogP contribution in [0.5, 0.6) is 5.75 Å². The van der Waals surface area contributed by atoms with E-state index < -0.39 is 23.4 Å². The number of rotatable bonds is 7. The third-order valence-electron chi connectivity index (χ3n) is 3.32. The van der Waals surface area contributed by atoms with E-state index in [9.17, 15) is 19.7 Å². The maximum absolute atomic E-state index is 11.9. The highest BCUT2D eigenvalue weighted by molar-refractivity contribution is 6.31. The van der Waals surface area contributed by atoms with Gasteiger partial charge >= 0.3 is 5.97 Å². The SMILES string of the molecule is COc1ccc([N+](=O)[O-])cc1NC(=O)COC(=O)Cc1ccccc1Cl. The van der Waals surface area contributed by atoms with Crippen LogP contribution in [0.2, 0.25) is 5.02 Å². The molecule has 0 bridgehead atoms. The zero-order valence-corrected chi connectivity index (χ0v) is 14.5. The number of non-ortho nitro benzene ring substituents is 1. The Labute approximate surface area is 153 Å². The van der Waals surface area contributed by atoms with Crippen LogP contribution in [0, 0.1) is 10.1 Å². The van der Waals surface area contributed by atoms with Crippen molar-refractivity contribution in [3.8, 4) is 5.75 Å². The van der Waals surface area contributed by atoms with Gasteiger partial charge in [0.05, 0.1) is 24.1 Å². The summed E-state index contributed by atoms with van der Waals surface area (Å²) in [5.74, 6) is -1.04. The van der Waals surface area contributed by atoms with Gasteiger partial charge in [-0.3, -0.25) is 19.7 Å². The van der Waals surface area contributed by atoms with Crippen LogP contribution in [-0.4, -0.2) is 30.5 Å². The van der Waals surface area contributed by atoms with Crippen LogP contribution in [0.3, 0.4) is 0 Å². The van der Waals surface area contributed by atoms with E-state index >= 15 is 0 Å². The number of nitro benzene ring substituents is 1. The second-order valence-corrected chi connectivity index (χ2v) is 5.53. The molecule has 0 fully saturated rings. The van der Waals surface area contributed by atoms with E-state index in [-0.39, 0.29) is 23.5 Å². The van der Waals surface area contributed by atoms with E-state index in [2.05, 4.69) is 5.32 Å². The van der Waals surface area contributed by atoms with Crippen molar-refractivity contribution in [1.29, 1.82) is 0 Å². The Balaban J connectivity index is 1.94. The number of ether oxygens (including phenoxy) is 2. The van der Waals surface area contributed by atoms with Gasteiger partial charge in [0.15, 0.2) is 6.61 Å². The largest absolute Gasteiger partial charge is 0.495 e. The van der Waals surface area contributed by atoms with Gasteiger partial charge in [0.25, 0.3) is 11.6 Å². The van der Waals surface area contributed by atoms with Crippen LogP contribution in [0.25, 0.3) is 0 Å². The van der Waals surface area contributed by atoms with Gasteiger partial charge in [0.1, 0.15) is 5.75 Å². The van der Waals surface area contributed by atoms with Crippen molar-refractivity contribution < 1.29 is 24.0 Å². The zero-order valence-electron chi connectivity index (χ0n) is 13.7. The van der Waals surface area contributed by atoms with E-state index in [0.29, 0.717) is 10.6 Å². The predicted molar refractivity (Wildman–Crippen MR) is 94.4 cm³/mol. The summed E-state index contributed by atoms with van der Waals surface area (Å²) in [4.78, 5) is 34.0. The number of hydrogen-bond acceptors (Lipinski definition) is 6. The first-order chi connectivity index (χ1) is 12.4. The summed E-state index contributed by atoms with van der Waals surface area (Å²) in [6, 6.07) is 10.5. The number of methoxy groups -OCH3 is 1. The molecule has 0 radical (unpaired) electrons. The topological polar surface area (TPSA) is 108 Å². The number of halogens is 1. The molecule has 0 aliphatic rings. The molecular weight excluding hydrogens is 364 g/mol. The molecule has 2 rings (SSSR count). The lowest BCUT2D eigenvalue weighted by Gasteiger charge is -2.10. The third kappa shape index (κ3) is 5.18. The molecule has 2 aromatic rings. The average molecular weight is 379 g/mol. The summed E-state index contributed by atoms with van der Waals surface area (Å²) < 4.78 is 9.94. The zero-order chi connectivity index (χ0) is 19.1. The molecule has 0 saturated heterocycles. The van der Waals surface area contributed by atoms with Gasteiger partial charge < -0.3 is 14.8 Å². The Morgan fingerprint density at radius 2 is 1.96 bits per heavy atom. The molecule has 0 aromatic heterocycles. The fourth-order valence-electron chi connectivity index (χ4n) is 2.09. The maximum Gasteiger partial charge on any atom is 0.310 e. The standard InChI is InChI=1S/C17H15ClN2O6/c1-25-15-7-6-12(20(23)24)9-14(15)19-16(21)10-26-17(22)8-11-4-2-3-5-13(11)18/h2-7,9H,8,10H2,1H3,(H,19,21). The van der Waals surface area contributed by atoms with Crippen molar-refractivity contribution in [3.63, 3.8) is 0 Å². The molecule has 1 amide bonds. The molecule has 0 saturated carbocycles. The van der Waals surface area contributed by atoms with Crippen molar-refractivity contribution in [2.45, 2.75) is 6.42 Å². The maximum atomic E-state index is 11.9. The van der Waals surface area contributed by atoms with Crippen LogP contribution in [0.15, 0.2) is 42.5 Å². The average Bonchev–Trinajstić information content (AvgIpc) is 2.62. The van der Waals surface area contributed by atoms with Crippen LogP contribution in [0.4, 0.5) is 11.4 Å². The number of carbonyl (C=O) groups is 2. The minimum Gasteiger partial charge on any atom is -0.495 e. The minimum atomic E-state index is -0.656. The van der Waals surface area contributed by atoms with Crippen LogP contribution in [-0.2, 0) is 20.7 Å². The van der Waals surface area contributed by atoms with Crippen LogP contribution in [0.1, 0.15) is 5.56 Å². The van der Waals surface area contributed by atoms with Crippen molar-refractivity contribution in [3.05, 3.63) is 63.2 Å². The number of nitrogens with one attached hydrogen (secondary N) is 1. The molecule has 2 aromatic carbocycles. The fraction of sp³-hybridized carbons (Fsp3) is 0.176. The van der Waals surface area contributed by atoms with E-state index in [1.807, 2.05) is 0 Å². The lowest BCUT2D eigenvalue weighted by atomic mass is 10.1. The Morgan fingerprint density at radius 3 is 2.62 bits per heavy atom. The number of nitro groups is 1. The summed E-state index contributed by atoms with van der Waals surface area (Å²) in [6.45, 7) is -0.546. The van der Waals surface area contributed by atoms with Gasteiger partial charge in [-0.05, 0) is 17.7 Å². The number of nitrogens with zero attached hydrogens (tertiary/aromatic N) is 1. The second kappa shape index (κ2) is 8.82. The smallest absolute Gasteiger partial charge is 0.310 e. The van der Waals surface area contributed by atoms with Crippen molar-refractivity contribution in [2.24, 2.45) is 0 Å². The highest BCUT2D eigenvalue weighted by Crippen LogP contribution is 2.28. The van der Waals surface area contributed by atoms with Gasteiger partial charge in [0, 0.05) is 17.2 Å². The van der Waals surface area contributed by atoms with E-state index in [1.54, 1.807) is 24.3 Å². The van der Waals surface area contributed by atoms with Crippen molar-refractivity contribution >= 4 is 34.9 Å². The minimum absolute atomic E-state index is 0.0763. The number of esters is 1. The first-order valence-corrected chi connectivity index (χ1v) is 7.80. The van der Waals surface area contributed by atoms with Crippen molar-refractivity contribution in [2.75, 3.05) is 19.0 Å². The van der Waals surface area contributed by atoms with Gasteiger partial charge in [-0.15, -0.1) is 0 Å². The molecule has 8 nitrogen and oxygen atoms in total. The van der Waals surface area contributed by atoms with E-state index in [4.69, 9.17) is 21.1 Å². The Bertz CT molecular complexity index is 840. The summed E-state index contributed by atoms with van der Waals surface area (Å²) in [5, 5.41) is 13.7. The summed E-state index contributed by atoms with van der Waals surface area (Å²) >= 11 is 5.96. The Hall–Kier alpha value is -3.13. The van der Waals surface area contributed by atoms with E-state index in [1.165, 1.54) is 19.2 Å². The lowest BCUT2D eigenvalue weighted by molar-refractivity contribution is -0.384. The second-order valence-electron chi connectivity index (χ2n) is 5.12. The third-order valence-corrected chi connectivity index (χ3v) is 3.69. The number of amides is 1. The predicted octanol–water partition coefficient (Wildman–Crippen LogP) is 2.98. The molecule has 1 N–H and O–H groups in total. The normalized spacial score (nSPS) is 10.1. The molecule has 0 aliphatic carbocycles. The quantitative estimate of drug-likeness (QED) is 0.451. The summed E-state index contributed by atoms with van der Waals surface area (Å²) in [5.41, 5.74) is 0.477. The van der Waals surface area contributed by atoms with Gasteiger partial charge in [-0.25, -0.2) is 0 Å². The first-order valence-electron chi connectivity index (χ1n) is 7.42. The van der Waals surface area contributed by atoms with Gasteiger partial charge in [0.2, 0.25) is 0 Å². The molecule has 0 unspecified atom stereocenters. The highest BCUT2D eigenvalue weighted by Gasteiger charge is 2.15. The first kappa shape index (κ1) is 19.2. The number of benzene rings is 2. The molecule has 0 atom stereocenters. The number of carbonyl (C=O) groups excluding carboxylic acids is 2. The molecule has 0 aliphatic heterocycles. The number of hydrogen-bond donors (Lipinski definition) is 1. The molecule has 26 heavy (non-hydrogen) atoms. The monoisotopic (exact) mass is 378 g/mol. The van der Waals surface area contributed by atoms with Crippen LogP contribution >= 0.6 is 11.6 Å². The molecule has 0 heterocycles. The Morgan fingerprint density at radius 1 is 1.23 bits per heavy atom. The van der Waals surface area contributed by atoms with Crippen LogP contribution < -0.4 is 10.1 Å². The molecule has 136 valence electrons. The molecule has 0 spiro atoms. The molecule has 9 heteroatoms. The van der Waals surface area contributed by atoms with Gasteiger partial charge in [-0.2, -0.15) is 0 Å². The highest BCUT2D eigenvalue weighted by atomic mass is 35.5. The summed E-state index contributed by atoms with van der Waals surface area (Å²) in [7, 11) is 1.36. The summed E-state index contributed by atoms with van der Waals surface area (Å²) in [6.07, 6.45) is -0.0763. The molecular formula is C17H15ClN2O6.